The lowest BCUT2D eigenvalue weighted by atomic mass is 9.81. The SMILES string of the molecule is COc1ccccc1NC(=O)N1CCC[C@@](C)(C(=O)NCc2ccc(F)cc2)C1. The number of ether oxygens (including phenoxy) is 1. The minimum atomic E-state index is -0.684. The molecule has 29 heavy (non-hydrogen) atoms. The van der Waals surface area contributed by atoms with E-state index in [1.165, 1.54) is 12.1 Å². The van der Waals surface area contributed by atoms with Gasteiger partial charge in [-0.1, -0.05) is 24.3 Å². The Morgan fingerprint density at radius 2 is 1.90 bits per heavy atom. The van der Waals surface area contributed by atoms with Crippen LogP contribution in [0.15, 0.2) is 48.5 Å². The molecule has 2 aromatic carbocycles. The summed E-state index contributed by atoms with van der Waals surface area (Å²) in [5.74, 6) is 0.158. The Morgan fingerprint density at radius 3 is 2.62 bits per heavy atom. The molecule has 154 valence electrons. The fourth-order valence-electron chi connectivity index (χ4n) is 3.54. The molecule has 3 rings (SSSR count). The van der Waals surface area contributed by atoms with Crippen molar-refractivity contribution in [2.75, 3.05) is 25.5 Å². The van der Waals surface area contributed by atoms with Gasteiger partial charge >= 0.3 is 6.03 Å². The number of methoxy groups -OCH3 is 1. The molecular formula is C22H26FN3O3. The normalized spacial score (nSPS) is 18.8. The summed E-state index contributed by atoms with van der Waals surface area (Å²) < 4.78 is 18.3. The van der Waals surface area contributed by atoms with Crippen LogP contribution >= 0.6 is 0 Å². The van der Waals surface area contributed by atoms with Crippen LogP contribution in [0.3, 0.4) is 0 Å². The highest BCUT2D eigenvalue weighted by molar-refractivity contribution is 5.92. The number of nitrogens with one attached hydrogen (secondary N) is 2. The van der Waals surface area contributed by atoms with Crippen molar-refractivity contribution >= 4 is 17.6 Å². The van der Waals surface area contributed by atoms with Crippen LogP contribution in [0.2, 0.25) is 0 Å². The number of benzene rings is 2. The van der Waals surface area contributed by atoms with E-state index in [0.717, 1.165) is 12.0 Å². The largest absolute Gasteiger partial charge is 0.495 e. The van der Waals surface area contributed by atoms with Crippen molar-refractivity contribution < 1.29 is 18.7 Å². The molecule has 0 saturated carbocycles. The van der Waals surface area contributed by atoms with Crippen LogP contribution in [0.25, 0.3) is 0 Å². The fourth-order valence-corrected chi connectivity index (χ4v) is 3.54. The fraction of sp³-hybridized carbons (Fsp3) is 0.364. The number of hydrogen-bond donors (Lipinski definition) is 2. The molecule has 1 aliphatic heterocycles. The molecule has 0 spiro atoms. The second-order valence-corrected chi connectivity index (χ2v) is 7.53. The first-order chi connectivity index (χ1) is 13.9. The van der Waals surface area contributed by atoms with Crippen molar-refractivity contribution in [3.8, 4) is 5.75 Å². The molecule has 1 heterocycles. The number of anilines is 1. The predicted octanol–water partition coefficient (Wildman–Crippen LogP) is 3.78. The molecule has 0 bridgehead atoms. The third-order valence-electron chi connectivity index (χ3n) is 5.25. The van der Waals surface area contributed by atoms with E-state index in [1.54, 1.807) is 36.3 Å². The smallest absolute Gasteiger partial charge is 0.321 e. The quantitative estimate of drug-likeness (QED) is 0.804. The highest BCUT2D eigenvalue weighted by Gasteiger charge is 2.39. The zero-order chi connectivity index (χ0) is 20.9. The molecule has 0 unspecified atom stereocenters. The Kier molecular flexibility index (Phi) is 6.36. The highest BCUT2D eigenvalue weighted by Crippen LogP contribution is 2.31. The summed E-state index contributed by atoms with van der Waals surface area (Å²) in [5, 5.41) is 5.78. The molecule has 1 aliphatic rings. The van der Waals surface area contributed by atoms with Gasteiger partial charge in [-0.25, -0.2) is 9.18 Å². The number of carbonyl (C=O) groups is 2. The predicted molar refractivity (Wildman–Crippen MR) is 109 cm³/mol. The molecule has 2 aromatic rings. The second kappa shape index (κ2) is 8.94. The van der Waals surface area contributed by atoms with E-state index < -0.39 is 5.41 Å². The van der Waals surface area contributed by atoms with Gasteiger partial charge < -0.3 is 20.3 Å². The number of halogens is 1. The molecule has 2 N–H and O–H groups in total. The average molecular weight is 399 g/mol. The van der Waals surface area contributed by atoms with Gasteiger partial charge in [-0.2, -0.15) is 0 Å². The molecule has 6 nitrogen and oxygen atoms in total. The molecule has 0 radical (unpaired) electrons. The summed E-state index contributed by atoms with van der Waals surface area (Å²) in [6, 6.07) is 13.0. The number of carbonyl (C=O) groups excluding carboxylic acids is 2. The zero-order valence-electron chi connectivity index (χ0n) is 16.7. The third kappa shape index (κ3) is 5.04. The molecule has 1 fully saturated rings. The Balaban J connectivity index is 1.61. The molecule has 7 heteroatoms. The number of amides is 3. The summed E-state index contributed by atoms with van der Waals surface area (Å²) in [6.07, 6.45) is 1.43. The van der Waals surface area contributed by atoms with E-state index in [9.17, 15) is 14.0 Å². The minimum Gasteiger partial charge on any atom is -0.495 e. The van der Waals surface area contributed by atoms with Gasteiger partial charge in [0.2, 0.25) is 5.91 Å². The summed E-state index contributed by atoms with van der Waals surface area (Å²) in [7, 11) is 1.55. The molecule has 0 aliphatic carbocycles. The number of urea groups is 1. The first kappa shape index (κ1) is 20.6. The van der Waals surface area contributed by atoms with Crippen LogP contribution in [0, 0.1) is 11.2 Å². The molecule has 3 amide bonds. The van der Waals surface area contributed by atoms with Gasteiger partial charge in [0.25, 0.3) is 0 Å². The van der Waals surface area contributed by atoms with E-state index in [1.807, 2.05) is 19.1 Å². The van der Waals surface area contributed by atoms with E-state index in [2.05, 4.69) is 10.6 Å². The molecule has 0 aromatic heterocycles. The summed E-state index contributed by atoms with van der Waals surface area (Å²) >= 11 is 0. The van der Waals surface area contributed by atoms with Crippen LogP contribution < -0.4 is 15.4 Å². The lowest BCUT2D eigenvalue weighted by Gasteiger charge is -2.39. The van der Waals surface area contributed by atoms with Gasteiger partial charge in [-0.15, -0.1) is 0 Å². The van der Waals surface area contributed by atoms with Crippen molar-refractivity contribution in [2.45, 2.75) is 26.3 Å². The second-order valence-electron chi connectivity index (χ2n) is 7.53. The number of piperidine rings is 1. The van der Waals surface area contributed by atoms with Crippen LogP contribution in [-0.2, 0) is 11.3 Å². The first-order valence-electron chi connectivity index (χ1n) is 9.63. The Labute approximate surface area is 170 Å². The van der Waals surface area contributed by atoms with Gasteiger partial charge in [0.05, 0.1) is 18.2 Å². The van der Waals surface area contributed by atoms with Gasteiger partial charge in [0, 0.05) is 19.6 Å². The molecule has 1 atom stereocenters. The van der Waals surface area contributed by atoms with Crippen molar-refractivity contribution in [3.63, 3.8) is 0 Å². The highest BCUT2D eigenvalue weighted by atomic mass is 19.1. The lowest BCUT2D eigenvalue weighted by molar-refractivity contribution is -0.132. The van der Waals surface area contributed by atoms with E-state index in [4.69, 9.17) is 4.74 Å². The Bertz CT molecular complexity index is 872. The van der Waals surface area contributed by atoms with Crippen molar-refractivity contribution in [1.82, 2.24) is 10.2 Å². The van der Waals surface area contributed by atoms with E-state index >= 15 is 0 Å². The van der Waals surface area contributed by atoms with Gasteiger partial charge in [0.15, 0.2) is 0 Å². The Hall–Kier alpha value is -3.09. The van der Waals surface area contributed by atoms with Crippen molar-refractivity contribution in [3.05, 3.63) is 59.9 Å². The summed E-state index contributed by atoms with van der Waals surface area (Å²) in [6.45, 7) is 3.10. The van der Waals surface area contributed by atoms with E-state index in [-0.39, 0.29) is 17.8 Å². The number of hydrogen-bond acceptors (Lipinski definition) is 3. The van der Waals surface area contributed by atoms with Crippen LogP contribution in [0.5, 0.6) is 5.75 Å². The number of rotatable bonds is 5. The van der Waals surface area contributed by atoms with Crippen molar-refractivity contribution in [1.29, 1.82) is 0 Å². The zero-order valence-corrected chi connectivity index (χ0v) is 16.7. The number of nitrogens with zero attached hydrogens (tertiary/aromatic N) is 1. The topological polar surface area (TPSA) is 70.7 Å². The lowest BCUT2D eigenvalue weighted by Crippen LogP contribution is -2.52. The average Bonchev–Trinajstić information content (AvgIpc) is 2.73. The summed E-state index contributed by atoms with van der Waals surface area (Å²) in [5.41, 5.74) is 0.731. The van der Waals surface area contributed by atoms with Gasteiger partial charge in [-0.3, -0.25) is 4.79 Å². The number of likely N-dealkylation sites (tertiary alicyclic amines) is 1. The first-order valence-corrected chi connectivity index (χ1v) is 9.63. The van der Waals surface area contributed by atoms with Crippen LogP contribution in [-0.4, -0.2) is 37.0 Å². The monoisotopic (exact) mass is 399 g/mol. The maximum Gasteiger partial charge on any atom is 0.321 e. The maximum absolute atomic E-state index is 13.0. The Morgan fingerprint density at radius 1 is 1.17 bits per heavy atom. The number of para-hydroxylation sites is 2. The molecule has 1 saturated heterocycles. The standard InChI is InChI=1S/C22H26FN3O3/c1-22(20(27)24-14-16-8-10-17(23)11-9-16)12-5-13-26(15-22)21(28)25-18-6-3-4-7-19(18)29-2/h3-4,6-11H,5,12-15H2,1-2H3,(H,24,27)(H,25,28)/t22-/m1/s1. The van der Waals surface area contributed by atoms with Gasteiger partial charge in [-0.05, 0) is 49.6 Å². The third-order valence-corrected chi connectivity index (χ3v) is 5.25. The minimum absolute atomic E-state index is 0.114. The summed E-state index contributed by atoms with van der Waals surface area (Å²) in [4.78, 5) is 27.2. The van der Waals surface area contributed by atoms with Crippen LogP contribution in [0.4, 0.5) is 14.9 Å². The van der Waals surface area contributed by atoms with Crippen LogP contribution in [0.1, 0.15) is 25.3 Å². The van der Waals surface area contributed by atoms with E-state index in [0.29, 0.717) is 37.5 Å². The van der Waals surface area contributed by atoms with Gasteiger partial charge in [0.1, 0.15) is 11.6 Å². The molecular weight excluding hydrogens is 373 g/mol. The van der Waals surface area contributed by atoms with Crippen molar-refractivity contribution in [2.24, 2.45) is 5.41 Å². The maximum atomic E-state index is 13.0.